The molecule has 0 heterocycles. The number of carbonyl (C=O) groups excluding carboxylic acids is 1. The molecule has 0 N–H and O–H groups in total. The first kappa shape index (κ1) is 15.7. The van der Waals surface area contributed by atoms with E-state index in [9.17, 15) is 9.00 Å². The predicted octanol–water partition coefficient (Wildman–Crippen LogP) is 3.03. The maximum absolute atomic E-state index is 12.1. The topological polar surface area (TPSA) is 34.1 Å². The second kappa shape index (κ2) is 5.74. The smallest absolute Gasteiger partial charge is 0.161 e. The zero-order valence-corrected chi connectivity index (χ0v) is 13.1. The molecule has 0 aromatic heterocycles. The van der Waals surface area contributed by atoms with Gasteiger partial charge in [0.2, 0.25) is 0 Å². The zero-order chi connectivity index (χ0) is 14.7. The molecule has 0 aliphatic heterocycles. The number of rotatable bonds is 3. The van der Waals surface area contributed by atoms with Gasteiger partial charge in [0.1, 0.15) is 0 Å². The van der Waals surface area contributed by atoms with Crippen LogP contribution in [0.4, 0.5) is 0 Å². The Morgan fingerprint density at radius 2 is 1.63 bits per heavy atom. The van der Waals surface area contributed by atoms with Crippen LogP contribution >= 0.6 is 0 Å². The SMILES string of the molecule is CC(C)(C)C(=O)C=C(C=S(C)(C)=O)c1ccccc1. The zero-order valence-electron chi connectivity index (χ0n) is 12.3. The van der Waals surface area contributed by atoms with Crippen LogP contribution < -0.4 is 0 Å². The molecule has 0 spiro atoms. The number of ketones is 1. The standard InChI is InChI=1S/C16H22O2S/c1-16(2,3)15(17)11-14(12-19(4,5)18)13-9-7-6-8-10-13/h6-12H,1-5H3. The average molecular weight is 278 g/mol. The minimum atomic E-state index is -2.06. The second-order valence-electron chi connectivity index (χ2n) is 6.01. The van der Waals surface area contributed by atoms with Gasteiger partial charge < -0.3 is 0 Å². The molecule has 2 nitrogen and oxygen atoms in total. The molecule has 0 saturated heterocycles. The minimum Gasteiger partial charge on any atom is -0.294 e. The third-order valence-corrected chi connectivity index (χ3v) is 3.37. The molecular weight excluding hydrogens is 256 g/mol. The van der Waals surface area contributed by atoms with Crippen molar-refractivity contribution in [2.45, 2.75) is 20.8 Å². The van der Waals surface area contributed by atoms with E-state index in [-0.39, 0.29) is 5.78 Å². The van der Waals surface area contributed by atoms with Gasteiger partial charge in [-0.2, -0.15) is 0 Å². The highest BCUT2D eigenvalue weighted by molar-refractivity contribution is 8.00. The van der Waals surface area contributed by atoms with Gasteiger partial charge in [-0.3, -0.25) is 9.00 Å². The summed E-state index contributed by atoms with van der Waals surface area (Å²) >= 11 is 0. The largest absolute Gasteiger partial charge is 0.294 e. The maximum atomic E-state index is 12.1. The molecule has 0 aliphatic rings. The van der Waals surface area contributed by atoms with Crippen molar-refractivity contribution in [3.05, 3.63) is 42.0 Å². The molecule has 0 unspecified atom stereocenters. The van der Waals surface area contributed by atoms with Crippen molar-refractivity contribution in [2.24, 2.45) is 5.41 Å². The van der Waals surface area contributed by atoms with E-state index in [1.54, 1.807) is 24.0 Å². The van der Waals surface area contributed by atoms with Crippen LogP contribution in [-0.2, 0) is 14.3 Å². The second-order valence-corrected chi connectivity index (χ2v) is 8.86. The molecule has 0 fully saturated rings. The first-order valence-corrected chi connectivity index (χ1v) is 8.64. The fourth-order valence-corrected chi connectivity index (χ4v) is 2.30. The number of allylic oxidation sites excluding steroid dienone is 2. The number of benzene rings is 1. The fraction of sp³-hybridized carbons (Fsp3) is 0.375. The molecule has 0 saturated carbocycles. The van der Waals surface area contributed by atoms with Crippen LogP contribution in [0.3, 0.4) is 0 Å². The first-order valence-electron chi connectivity index (χ1n) is 6.20. The van der Waals surface area contributed by atoms with E-state index in [1.807, 2.05) is 51.1 Å². The molecule has 0 atom stereocenters. The Hall–Kier alpha value is -1.35. The minimum absolute atomic E-state index is 0.0336. The van der Waals surface area contributed by atoms with Gasteiger partial charge in [0, 0.05) is 17.9 Å². The molecule has 104 valence electrons. The summed E-state index contributed by atoms with van der Waals surface area (Å²) in [6.07, 6.45) is 4.94. The van der Waals surface area contributed by atoms with Crippen molar-refractivity contribution >= 4 is 26.2 Å². The van der Waals surface area contributed by atoms with Crippen LogP contribution in [0.2, 0.25) is 0 Å². The first-order chi connectivity index (χ1) is 8.59. The molecule has 0 aliphatic carbocycles. The summed E-state index contributed by atoms with van der Waals surface area (Å²) in [5.74, 6) is 0.0336. The van der Waals surface area contributed by atoms with E-state index in [4.69, 9.17) is 0 Å². The molecule has 0 radical (unpaired) electrons. The van der Waals surface area contributed by atoms with Crippen LogP contribution in [-0.4, -0.2) is 27.9 Å². The highest BCUT2D eigenvalue weighted by Crippen LogP contribution is 2.20. The quantitative estimate of drug-likeness (QED) is 0.629. The summed E-state index contributed by atoms with van der Waals surface area (Å²) in [7, 11) is -2.06. The molecular formula is C16H22O2S. The van der Waals surface area contributed by atoms with Crippen molar-refractivity contribution in [3.8, 4) is 0 Å². The fourth-order valence-electron chi connectivity index (χ4n) is 1.48. The van der Waals surface area contributed by atoms with Crippen LogP contribution in [0.25, 0.3) is 5.57 Å². The van der Waals surface area contributed by atoms with Crippen LogP contribution in [0.15, 0.2) is 36.4 Å². The Balaban J connectivity index is 3.35. The summed E-state index contributed by atoms with van der Waals surface area (Å²) < 4.78 is 12.0. The lowest BCUT2D eigenvalue weighted by Crippen LogP contribution is -2.18. The van der Waals surface area contributed by atoms with Gasteiger partial charge in [-0.25, -0.2) is 0 Å². The highest BCUT2D eigenvalue weighted by Gasteiger charge is 2.19. The van der Waals surface area contributed by atoms with Crippen LogP contribution in [0, 0.1) is 5.41 Å². The molecule has 19 heavy (non-hydrogen) atoms. The van der Waals surface area contributed by atoms with E-state index in [1.165, 1.54) is 0 Å². The summed E-state index contributed by atoms with van der Waals surface area (Å²) in [6, 6.07) is 9.58. The van der Waals surface area contributed by atoms with E-state index in [2.05, 4.69) is 0 Å². The lowest BCUT2D eigenvalue weighted by atomic mass is 9.89. The predicted molar refractivity (Wildman–Crippen MR) is 84.9 cm³/mol. The van der Waals surface area contributed by atoms with Crippen LogP contribution in [0.5, 0.6) is 0 Å². The van der Waals surface area contributed by atoms with Gasteiger partial charge >= 0.3 is 0 Å². The van der Waals surface area contributed by atoms with Crippen molar-refractivity contribution in [3.63, 3.8) is 0 Å². The molecule has 0 bridgehead atoms. The molecule has 3 heteroatoms. The normalized spacial score (nSPS) is 13.2. The Labute approximate surface area is 116 Å². The summed E-state index contributed by atoms with van der Waals surface area (Å²) in [5.41, 5.74) is 1.21. The molecule has 1 aromatic carbocycles. The Bertz CT molecular complexity index is 587. The van der Waals surface area contributed by atoms with E-state index >= 15 is 0 Å². The molecule has 0 amide bonds. The highest BCUT2D eigenvalue weighted by atomic mass is 32.2. The Morgan fingerprint density at radius 1 is 1.11 bits per heavy atom. The van der Waals surface area contributed by atoms with Gasteiger partial charge in [-0.1, -0.05) is 51.1 Å². The molecule has 1 rings (SSSR count). The summed E-state index contributed by atoms with van der Waals surface area (Å²) in [4.78, 5) is 12.1. The van der Waals surface area contributed by atoms with E-state index in [0.717, 1.165) is 11.1 Å². The van der Waals surface area contributed by atoms with Gasteiger partial charge in [0.25, 0.3) is 0 Å². The van der Waals surface area contributed by atoms with Crippen molar-refractivity contribution in [1.29, 1.82) is 0 Å². The summed E-state index contributed by atoms with van der Waals surface area (Å²) in [6.45, 7) is 5.64. The van der Waals surface area contributed by atoms with Gasteiger partial charge in [-0.05, 0) is 32.1 Å². The Morgan fingerprint density at radius 3 is 2.05 bits per heavy atom. The van der Waals surface area contributed by atoms with Crippen molar-refractivity contribution in [2.75, 3.05) is 12.5 Å². The number of hydrogen-bond donors (Lipinski definition) is 0. The van der Waals surface area contributed by atoms with Gasteiger partial charge in [0.15, 0.2) is 5.78 Å². The average Bonchev–Trinajstić information content (AvgIpc) is 2.26. The van der Waals surface area contributed by atoms with Crippen molar-refractivity contribution in [1.82, 2.24) is 0 Å². The van der Waals surface area contributed by atoms with Gasteiger partial charge in [0.05, 0.1) is 0 Å². The van der Waals surface area contributed by atoms with E-state index < -0.39 is 14.9 Å². The third kappa shape index (κ3) is 5.43. The van der Waals surface area contributed by atoms with E-state index in [0.29, 0.717) is 0 Å². The van der Waals surface area contributed by atoms with Crippen molar-refractivity contribution < 1.29 is 9.00 Å². The maximum Gasteiger partial charge on any atom is 0.161 e. The monoisotopic (exact) mass is 278 g/mol. The van der Waals surface area contributed by atoms with Gasteiger partial charge in [-0.15, -0.1) is 0 Å². The summed E-state index contributed by atoms with van der Waals surface area (Å²) in [5, 5.41) is 1.69. The number of carbonyl (C=O) groups is 1. The lowest BCUT2D eigenvalue weighted by Gasteiger charge is -2.14. The number of hydrogen-bond acceptors (Lipinski definition) is 2. The Kier molecular flexibility index (Phi) is 4.75. The lowest BCUT2D eigenvalue weighted by molar-refractivity contribution is -0.121. The van der Waals surface area contributed by atoms with Crippen LogP contribution in [0.1, 0.15) is 26.3 Å². The molecule has 1 aromatic rings. The third-order valence-electron chi connectivity index (χ3n) is 2.54.